The van der Waals surface area contributed by atoms with Crippen LogP contribution in [0, 0.1) is 23.2 Å². The molecule has 0 spiro atoms. The van der Waals surface area contributed by atoms with Gasteiger partial charge in [-0.15, -0.1) is 0 Å². The predicted molar refractivity (Wildman–Crippen MR) is 73.9 cm³/mol. The fourth-order valence-electron chi connectivity index (χ4n) is 3.14. The molecule has 0 aromatic heterocycles. The van der Waals surface area contributed by atoms with Gasteiger partial charge in [-0.2, -0.15) is 5.26 Å². The first-order chi connectivity index (χ1) is 9.35. The Balaban J connectivity index is 1.35. The summed E-state index contributed by atoms with van der Waals surface area (Å²) in [5.41, 5.74) is 0.680. The highest BCUT2D eigenvalue weighted by atomic mass is 16.5. The van der Waals surface area contributed by atoms with Crippen LogP contribution in [-0.4, -0.2) is 31.1 Å². The van der Waals surface area contributed by atoms with Gasteiger partial charge < -0.3 is 9.64 Å². The van der Waals surface area contributed by atoms with Gasteiger partial charge in [0.2, 0.25) is 0 Å². The standard InChI is InChI=1S/C16H20N2O/c17-10-13-2-6-16(7-3-13)19-9-1-8-18-11-14-4-5-15(14)12-18/h2-3,6-7,14-15H,1,4-5,8-9,11-12H2. The van der Waals surface area contributed by atoms with Crippen molar-refractivity contribution in [3.05, 3.63) is 29.8 Å². The summed E-state index contributed by atoms with van der Waals surface area (Å²) in [6.45, 7) is 4.53. The number of nitriles is 1. The molecular formula is C16H20N2O. The van der Waals surface area contributed by atoms with E-state index in [4.69, 9.17) is 10.00 Å². The van der Waals surface area contributed by atoms with E-state index < -0.39 is 0 Å². The van der Waals surface area contributed by atoms with E-state index in [1.165, 1.54) is 25.9 Å². The molecule has 2 atom stereocenters. The minimum absolute atomic E-state index is 0.680. The van der Waals surface area contributed by atoms with Gasteiger partial charge in [0.15, 0.2) is 0 Å². The summed E-state index contributed by atoms with van der Waals surface area (Å²) < 4.78 is 5.70. The minimum atomic E-state index is 0.680. The molecule has 3 rings (SSSR count). The lowest BCUT2D eigenvalue weighted by Gasteiger charge is -2.28. The maximum Gasteiger partial charge on any atom is 0.119 e. The second-order valence-electron chi connectivity index (χ2n) is 5.70. The van der Waals surface area contributed by atoms with Gasteiger partial charge in [0.25, 0.3) is 0 Å². The van der Waals surface area contributed by atoms with E-state index in [9.17, 15) is 0 Å². The van der Waals surface area contributed by atoms with Gasteiger partial charge in [0, 0.05) is 19.6 Å². The number of fused-ring (bicyclic) bond motifs is 1. The van der Waals surface area contributed by atoms with E-state index in [-0.39, 0.29) is 0 Å². The predicted octanol–water partition coefficient (Wildman–Crippen LogP) is 2.67. The van der Waals surface area contributed by atoms with Crippen LogP contribution in [0.25, 0.3) is 0 Å². The van der Waals surface area contributed by atoms with E-state index in [0.717, 1.165) is 37.2 Å². The van der Waals surface area contributed by atoms with Gasteiger partial charge in [-0.1, -0.05) is 0 Å². The van der Waals surface area contributed by atoms with Crippen molar-refractivity contribution in [2.24, 2.45) is 11.8 Å². The Morgan fingerprint density at radius 1 is 1.16 bits per heavy atom. The van der Waals surface area contributed by atoms with Crippen LogP contribution in [-0.2, 0) is 0 Å². The number of hydrogen-bond donors (Lipinski definition) is 0. The molecule has 1 heterocycles. The first kappa shape index (κ1) is 12.5. The lowest BCUT2D eigenvalue weighted by Crippen LogP contribution is -2.23. The van der Waals surface area contributed by atoms with Crippen LogP contribution in [0.5, 0.6) is 5.75 Å². The highest BCUT2D eigenvalue weighted by Crippen LogP contribution is 2.40. The second kappa shape index (κ2) is 5.63. The fraction of sp³-hybridized carbons (Fsp3) is 0.562. The van der Waals surface area contributed by atoms with Gasteiger partial charge >= 0.3 is 0 Å². The Kier molecular flexibility index (Phi) is 3.70. The Labute approximate surface area is 114 Å². The average Bonchev–Trinajstić information content (AvgIpc) is 2.71. The number of ether oxygens (including phenoxy) is 1. The van der Waals surface area contributed by atoms with Crippen LogP contribution in [0.2, 0.25) is 0 Å². The summed E-state index contributed by atoms with van der Waals surface area (Å²) in [4.78, 5) is 2.59. The molecule has 2 fully saturated rings. The molecule has 2 aliphatic rings. The summed E-state index contributed by atoms with van der Waals surface area (Å²) in [6, 6.07) is 9.45. The van der Waals surface area contributed by atoms with Crippen LogP contribution in [0.3, 0.4) is 0 Å². The van der Waals surface area contributed by atoms with E-state index >= 15 is 0 Å². The summed E-state index contributed by atoms with van der Waals surface area (Å²) in [6.07, 6.45) is 3.98. The zero-order valence-electron chi connectivity index (χ0n) is 11.2. The molecule has 1 aromatic carbocycles. The zero-order chi connectivity index (χ0) is 13.1. The highest BCUT2D eigenvalue weighted by molar-refractivity contribution is 5.34. The smallest absolute Gasteiger partial charge is 0.119 e. The molecule has 0 N–H and O–H groups in total. The fourth-order valence-corrected chi connectivity index (χ4v) is 3.14. The molecule has 0 bridgehead atoms. The Bertz CT molecular complexity index is 451. The van der Waals surface area contributed by atoms with Gasteiger partial charge in [-0.05, 0) is 55.4 Å². The summed E-state index contributed by atoms with van der Waals surface area (Å²) in [7, 11) is 0. The van der Waals surface area contributed by atoms with Crippen molar-refractivity contribution >= 4 is 0 Å². The molecule has 3 heteroatoms. The summed E-state index contributed by atoms with van der Waals surface area (Å²) in [5, 5.41) is 8.72. The van der Waals surface area contributed by atoms with Crippen LogP contribution in [0.4, 0.5) is 0 Å². The third-order valence-corrected chi connectivity index (χ3v) is 4.43. The van der Waals surface area contributed by atoms with Gasteiger partial charge in [-0.25, -0.2) is 0 Å². The second-order valence-corrected chi connectivity index (χ2v) is 5.70. The topological polar surface area (TPSA) is 36.3 Å². The molecule has 100 valence electrons. The third kappa shape index (κ3) is 2.90. The van der Waals surface area contributed by atoms with Crippen molar-refractivity contribution in [3.63, 3.8) is 0 Å². The average molecular weight is 256 g/mol. The number of rotatable bonds is 5. The Morgan fingerprint density at radius 2 is 1.84 bits per heavy atom. The van der Waals surface area contributed by atoms with Crippen LogP contribution in [0.15, 0.2) is 24.3 Å². The molecule has 0 amide bonds. The van der Waals surface area contributed by atoms with Gasteiger partial charge in [-0.3, -0.25) is 0 Å². The number of nitrogens with zero attached hydrogens (tertiary/aromatic N) is 2. The lowest BCUT2D eigenvalue weighted by molar-refractivity contribution is 0.243. The Hall–Kier alpha value is -1.53. The summed E-state index contributed by atoms with van der Waals surface area (Å²) in [5.74, 6) is 2.86. The molecule has 1 aliphatic heterocycles. The zero-order valence-corrected chi connectivity index (χ0v) is 11.2. The quantitative estimate of drug-likeness (QED) is 0.760. The third-order valence-electron chi connectivity index (χ3n) is 4.43. The molecule has 1 aromatic rings. The van der Waals surface area contributed by atoms with Crippen LogP contribution < -0.4 is 4.74 Å². The number of benzene rings is 1. The van der Waals surface area contributed by atoms with Gasteiger partial charge in [0.05, 0.1) is 18.2 Å². The highest BCUT2D eigenvalue weighted by Gasteiger charge is 2.38. The number of hydrogen-bond acceptors (Lipinski definition) is 3. The van der Waals surface area contributed by atoms with Crippen molar-refractivity contribution in [2.75, 3.05) is 26.2 Å². The molecular weight excluding hydrogens is 236 g/mol. The van der Waals surface area contributed by atoms with Gasteiger partial charge in [0.1, 0.15) is 5.75 Å². The summed E-state index contributed by atoms with van der Waals surface area (Å²) >= 11 is 0. The molecule has 1 aliphatic carbocycles. The largest absolute Gasteiger partial charge is 0.494 e. The monoisotopic (exact) mass is 256 g/mol. The van der Waals surface area contributed by atoms with Crippen molar-refractivity contribution in [2.45, 2.75) is 19.3 Å². The molecule has 3 nitrogen and oxygen atoms in total. The van der Waals surface area contributed by atoms with E-state index in [2.05, 4.69) is 11.0 Å². The van der Waals surface area contributed by atoms with Crippen LogP contribution in [0.1, 0.15) is 24.8 Å². The van der Waals surface area contributed by atoms with Crippen molar-refractivity contribution < 1.29 is 4.74 Å². The SMILES string of the molecule is N#Cc1ccc(OCCCN2CC3CCC3C2)cc1. The first-order valence-corrected chi connectivity index (χ1v) is 7.20. The van der Waals surface area contributed by atoms with Crippen molar-refractivity contribution in [1.82, 2.24) is 4.90 Å². The number of likely N-dealkylation sites (tertiary alicyclic amines) is 1. The molecule has 1 saturated heterocycles. The minimum Gasteiger partial charge on any atom is -0.494 e. The molecule has 19 heavy (non-hydrogen) atoms. The Morgan fingerprint density at radius 3 is 2.42 bits per heavy atom. The maximum absolute atomic E-state index is 8.72. The lowest BCUT2D eigenvalue weighted by atomic mass is 9.77. The van der Waals surface area contributed by atoms with Crippen molar-refractivity contribution in [3.8, 4) is 11.8 Å². The van der Waals surface area contributed by atoms with Crippen molar-refractivity contribution in [1.29, 1.82) is 5.26 Å². The first-order valence-electron chi connectivity index (χ1n) is 7.20. The normalized spacial score (nSPS) is 25.4. The molecule has 1 saturated carbocycles. The van der Waals surface area contributed by atoms with E-state index in [0.29, 0.717) is 5.56 Å². The maximum atomic E-state index is 8.72. The molecule has 2 unspecified atom stereocenters. The van der Waals surface area contributed by atoms with E-state index in [1.807, 2.05) is 12.1 Å². The van der Waals surface area contributed by atoms with E-state index in [1.54, 1.807) is 12.1 Å². The van der Waals surface area contributed by atoms with Crippen LogP contribution >= 0.6 is 0 Å². The molecule has 0 radical (unpaired) electrons.